The zero-order valence-corrected chi connectivity index (χ0v) is 11.8. The van der Waals surface area contributed by atoms with E-state index >= 15 is 0 Å². The lowest BCUT2D eigenvalue weighted by Gasteiger charge is -2.26. The third-order valence-corrected chi connectivity index (χ3v) is 2.65. The molecule has 0 aromatic carbocycles. The van der Waals surface area contributed by atoms with Crippen LogP contribution in [0.4, 0.5) is 0 Å². The molecule has 0 atom stereocenters. The van der Waals surface area contributed by atoms with Crippen molar-refractivity contribution in [3.05, 3.63) is 0 Å². The molecule has 0 aliphatic rings. The predicted molar refractivity (Wildman–Crippen MR) is 70.1 cm³/mol. The van der Waals surface area contributed by atoms with Gasteiger partial charge in [-0.15, -0.1) is 0 Å². The molecule has 0 aromatic rings. The Bertz CT molecular complexity index is 213. The van der Waals surface area contributed by atoms with Crippen LogP contribution in [0.15, 0.2) is 0 Å². The molecular weight excluding hydrogens is 196 g/mol. The van der Waals surface area contributed by atoms with E-state index in [1.165, 1.54) is 12.8 Å². The maximum Gasteiger partial charge on any atom is 0.0697 e. The third-order valence-electron chi connectivity index (χ3n) is 2.65. The first-order valence-corrected chi connectivity index (χ1v) is 6.41. The molecule has 0 unspecified atom stereocenters. The highest BCUT2D eigenvalue weighted by molar-refractivity contribution is 4.94. The summed E-state index contributed by atoms with van der Waals surface area (Å²) < 4.78 is 0. The molecule has 2 heteroatoms. The van der Waals surface area contributed by atoms with Gasteiger partial charge in [0.25, 0.3) is 0 Å². The van der Waals surface area contributed by atoms with E-state index in [0.29, 0.717) is 17.9 Å². The Morgan fingerprint density at radius 3 is 1.81 bits per heavy atom. The lowest BCUT2D eigenvalue weighted by atomic mass is 9.92. The van der Waals surface area contributed by atoms with E-state index in [1.54, 1.807) is 0 Å². The van der Waals surface area contributed by atoms with Gasteiger partial charge in [0.05, 0.1) is 11.5 Å². The van der Waals surface area contributed by atoms with Crippen molar-refractivity contribution in [2.24, 2.45) is 17.3 Å². The van der Waals surface area contributed by atoms with Crippen LogP contribution >= 0.6 is 0 Å². The molecule has 2 nitrogen and oxygen atoms in total. The molecule has 0 saturated heterocycles. The van der Waals surface area contributed by atoms with E-state index in [2.05, 4.69) is 39.1 Å². The Hall–Kier alpha value is -0.550. The SMILES string of the molecule is CC(C)CC(CC(C)C)NCC(C)(C)C#N. The van der Waals surface area contributed by atoms with E-state index in [9.17, 15) is 0 Å². The van der Waals surface area contributed by atoms with Crippen molar-refractivity contribution in [3.63, 3.8) is 0 Å². The monoisotopic (exact) mass is 224 g/mol. The van der Waals surface area contributed by atoms with Crippen molar-refractivity contribution in [3.8, 4) is 6.07 Å². The second kappa shape index (κ2) is 6.91. The van der Waals surface area contributed by atoms with Gasteiger partial charge in [-0.1, -0.05) is 27.7 Å². The molecule has 0 aliphatic heterocycles. The number of rotatable bonds is 7. The molecule has 0 bridgehead atoms. The van der Waals surface area contributed by atoms with Crippen molar-refractivity contribution >= 4 is 0 Å². The maximum absolute atomic E-state index is 8.98. The van der Waals surface area contributed by atoms with E-state index in [4.69, 9.17) is 5.26 Å². The molecule has 1 N–H and O–H groups in total. The first-order chi connectivity index (χ1) is 7.26. The summed E-state index contributed by atoms with van der Waals surface area (Å²) >= 11 is 0. The quantitative estimate of drug-likeness (QED) is 0.717. The van der Waals surface area contributed by atoms with Crippen molar-refractivity contribution in [1.29, 1.82) is 5.26 Å². The lowest BCUT2D eigenvalue weighted by Crippen LogP contribution is -2.38. The van der Waals surface area contributed by atoms with E-state index < -0.39 is 0 Å². The zero-order chi connectivity index (χ0) is 12.8. The minimum Gasteiger partial charge on any atom is -0.312 e. The molecule has 0 spiro atoms. The van der Waals surface area contributed by atoms with Crippen molar-refractivity contribution < 1.29 is 0 Å². The Labute approximate surface area is 101 Å². The highest BCUT2D eigenvalue weighted by Gasteiger charge is 2.19. The molecule has 94 valence electrons. The van der Waals surface area contributed by atoms with Gasteiger partial charge < -0.3 is 5.32 Å². The topological polar surface area (TPSA) is 35.8 Å². The number of hydrogen-bond donors (Lipinski definition) is 1. The second-order valence-corrected chi connectivity index (χ2v) is 6.33. The summed E-state index contributed by atoms with van der Waals surface area (Å²) in [6, 6.07) is 2.89. The van der Waals surface area contributed by atoms with Crippen LogP contribution in [-0.2, 0) is 0 Å². The fourth-order valence-electron chi connectivity index (χ4n) is 1.84. The van der Waals surface area contributed by atoms with Crippen molar-refractivity contribution in [2.45, 2.75) is 60.4 Å². The first kappa shape index (κ1) is 15.4. The molecule has 0 radical (unpaired) electrons. The summed E-state index contributed by atoms with van der Waals surface area (Å²) in [6.07, 6.45) is 2.39. The number of nitrogens with one attached hydrogen (secondary N) is 1. The largest absolute Gasteiger partial charge is 0.312 e. The molecular formula is C14H28N2. The Balaban J connectivity index is 4.17. The second-order valence-electron chi connectivity index (χ2n) is 6.33. The number of nitrogens with zero attached hydrogens (tertiary/aromatic N) is 1. The minimum absolute atomic E-state index is 0.258. The summed E-state index contributed by atoms with van der Waals surface area (Å²) in [7, 11) is 0. The first-order valence-electron chi connectivity index (χ1n) is 6.41. The summed E-state index contributed by atoms with van der Waals surface area (Å²) in [4.78, 5) is 0. The van der Waals surface area contributed by atoms with Gasteiger partial charge in [0.1, 0.15) is 0 Å². The Morgan fingerprint density at radius 1 is 1.06 bits per heavy atom. The summed E-state index contributed by atoms with van der Waals surface area (Å²) in [5.74, 6) is 1.42. The number of hydrogen-bond acceptors (Lipinski definition) is 2. The predicted octanol–water partition coefficient (Wildman–Crippen LogP) is 3.59. The van der Waals surface area contributed by atoms with Crippen LogP contribution in [-0.4, -0.2) is 12.6 Å². The van der Waals surface area contributed by atoms with E-state index in [1.807, 2.05) is 13.8 Å². The van der Waals surface area contributed by atoms with Gasteiger partial charge in [-0.2, -0.15) is 5.26 Å². The molecule has 0 rings (SSSR count). The third kappa shape index (κ3) is 7.70. The van der Waals surface area contributed by atoms with Crippen LogP contribution in [0.2, 0.25) is 0 Å². The van der Waals surface area contributed by atoms with Crippen LogP contribution in [0.3, 0.4) is 0 Å². The Morgan fingerprint density at radius 2 is 1.50 bits per heavy atom. The minimum atomic E-state index is -0.258. The summed E-state index contributed by atoms with van der Waals surface area (Å²) in [5.41, 5.74) is -0.258. The van der Waals surface area contributed by atoms with Gasteiger partial charge in [0.15, 0.2) is 0 Å². The smallest absolute Gasteiger partial charge is 0.0697 e. The van der Waals surface area contributed by atoms with E-state index in [-0.39, 0.29) is 5.41 Å². The van der Waals surface area contributed by atoms with Crippen molar-refractivity contribution in [1.82, 2.24) is 5.32 Å². The van der Waals surface area contributed by atoms with Crippen LogP contribution in [0.1, 0.15) is 54.4 Å². The molecule has 0 saturated carbocycles. The fraction of sp³-hybridized carbons (Fsp3) is 0.929. The summed E-state index contributed by atoms with van der Waals surface area (Å²) in [5, 5.41) is 12.5. The van der Waals surface area contributed by atoms with Crippen LogP contribution < -0.4 is 5.32 Å². The molecule has 16 heavy (non-hydrogen) atoms. The zero-order valence-electron chi connectivity index (χ0n) is 11.8. The summed E-state index contributed by atoms with van der Waals surface area (Å²) in [6.45, 7) is 13.8. The van der Waals surface area contributed by atoms with Gasteiger partial charge in [-0.3, -0.25) is 0 Å². The molecule has 0 amide bonds. The molecule has 0 fully saturated rings. The molecule has 0 heterocycles. The lowest BCUT2D eigenvalue weighted by molar-refractivity contribution is 0.324. The van der Waals surface area contributed by atoms with Gasteiger partial charge in [0.2, 0.25) is 0 Å². The molecule has 0 aliphatic carbocycles. The average Bonchev–Trinajstić information content (AvgIpc) is 2.13. The van der Waals surface area contributed by atoms with E-state index in [0.717, 1.165) is 6.54 Å². The van der Waals surface area contributed by atoms with Gasteiger partial charge in [0, 0.05) is 12.6 Å². The van der Waals surface area contributed by atoms with Crippen LogP contribution in [0.5, 0.6) is 0 Å². The maximum atomic E-state index is 8.98. The highest BCUT2D eigenvalue weighted by atomic mass is 14.9. The van der Waals surface area contributed by atoms with Crippen molar-refractivity contribution in [2.75, 3.05) is 6.54 Å². The van der Waals surface area contributed by atoms with Gasteiger partial charge in [-0.05, 0) is 38.5 Å². The van der Waals surface area contributed by atoms with Gasteiger partial charge in [-0.25, -0.2) is 0 Å². The normalized spacial score (nSPS) is 12.5. The Kier molecular flexibility index (Phi) is 6.67. The van der Waals surface area contributed by atoms with Crippen LogP contribution in [0.25, 0.3) is 0 Å². The highest BCUT2D eigenvalue weighted by Crippen LogP contribution is 2.16. The van der Waals surface area contributed by atoms with Crippen LogP contribution in [0, 0.1) is 28.6 Å². The molecule has 0 aromatic heterocycles. The van der Waals surface area contributed by atoms with Gasteiger partial charge >= 0.3 is 0 Å². The standard InChI is InChI=1S/C14H28N2/c1-11(2)7-13(8-12(3)4)16-10-14(5,6)9-15/h11-13,16H,7-8,10H2,1-6H3. The average molecular weight is 224 g/mol. The fourth-order valence-corrected chi connectivity index (χ4v) is 1.84. The number of nitriles is 1.